The first-order chi connectivity index (χ1) is 17.6. The largest absolute Gasteiger partial charge is 0.497 e. The number of methoxy groups -OCH3 is 4. The highest BCUT2D eigenvalue weighted by atomic mass is 35.5. The highest BCUT2D eigenvalue weighted by Gasteiger charge is 2.19. The fourth-order valence-corrected chi connectivity index (χ4v) is 4.75. The fraction of sp³-hybridized carbons (Fsp3) is 0.269. The summed E-state index contributed by atoms with van der Waals surface area (Å²) in [4.78, 5) is 23.9. The number of hydrogen-bond donors (Lipinski definition) is 0. The minimum absolute atomic E-state index is 0. The number of aromatic nitrogens is 3. The van der Waals surface area contributed by atoms with Gasteiger partial charge in [-0.05, 0) is 48.4 Å². The quantitative estimate of drug-likeness (QED) is 0.243. The second-order valence-corrected chi connectivity index (χ2v) is 8.78. The number of ether oxygens (including phenoxy) is 4. The predicted molar refractivity (Wildman–Crippen MR) is 148 cm³/mol. The van der Waals surface area contributed by atoms with Gasteiger partial charge in [-0.2, -0.15) is 0 Å². The van der Waals surface area contributed by atoms with Gasteiger partial charge in [-0.25, -0.2) is 9.97 Å². The topological polar surface area (TPSA) is 87.9 Å². The molecular weight excluding hydrogens is 516 g/mol. The van der Waals surface area contributed by atoms with Gasteiger partial charge in [-0.15, -0.1) is 12.4 Å². The van der Waals surface area contributed by atoms with E-state index in [2.05, 4.69) is 4.98 Å². The van der Waals surface area contributed by atoms with Gasteiger partial charge in [0.25, 0.3) is 5.91 Å². The van der Waals surface area contributed by atoms with Crippen LogP contribution in [0.3, 0.4) is 0 Å². The lowest BCUT2D eigenvalue weighted by molar-refractivity contribution is -0.114. The fourth-order valence-electron chi connectivity index (χ4n) is 3.72. The van der Waals surface area contributed by atoms with Gasteiger partial charge in [0.05, 0.1) is 45.0 Å². The number of carbonyl (C=O) groups is 1. The molecule has 4 aromatic rings. The maximum Gasteiger partial charge on any atom is 0.252 e. The number of thiazole rings is 1. The van der Waals surface area contributed by atoms with Crippen LogP contribution in [0.1, 0.15) is 12.0 Å². The van der Waals surface area contributed by atoms with E-state index in [0.29, 0.717) is 28.9 Å². The molecule has 2 aromatic carbocycles. The summed E-state index contributed by atoms with van der Waals surface area (Å²) >= 11 is 1.45. The molecule has 0 aliphatic heterocycles. The van der Waals surface area contributed by atoms with Crippen LogP contribution in [0.2, 0.25) is 0 Å². The molecule has 0 atom stereocenters. The Kier molecular flexibility index (Phi) is 9.76. The van der Waals surface area contributed by atoms with E-state index in [1.54, 1.807) is 64.1 Å². The van der Waals surface area contributed by atoms with E-state index in [9.17, 15) is 4.79 Å². The van der Waals surface area contributed by atoms with Crippen LogP contribution >= 0.6 is 23.7 Å². The molecule has 0 saturated heterocycles. The van der Waals surface area contributed by atoms with Gasteiger partial charge >= 0.3 is 0 Å². The average Bonchev–Trinajstić information content (AvgIpc) is 3.58. The van der Waals surface area contributed by atoms with E-state index in [-0.39, 0.29) is 18.3 Å². The third-order valence-corrected chi connectivity index (χ3v) is 6.59. The number of benzene rings is 2. The Balaban J connectivity index is 0.00000380. The first kappa shape index (κ1) is 27.8. The Morgan fingerprint density at radius 2 is 1.81 bits per heavy atom. The molecule has 37 heavy (non-hydrogen) atoms. The zero-order chi connectivity index (χ0) is 25.5. The van der Waals surface area contributed by atoms with E-state index in [4.69, 9.17) is 23.9 Å². The van der Waals surface area contributed by atoms with Crippen LogP contribution in [0.4, 0.5) is 5.13 Å². The molecule has 11 heteroatoms. The number of rotatable bonds is 11. The SMILES string of the molecule is COc1ccc2nc(N(CCCn3ccnc3)C(=O)/C=C/c3cc(OC)c(OC)c(OC)c3)sc2c1.Cl. The molecule has 196 valence electrons. The lowest BCUT2D eigenvalue weighted by Gasteiger charge is -2.18. The molecule has 9 nitrogen and oxygen atoms in total. The zero-order valence-corrected chi connectivity index (χ0v) is 22.7. The molecule has 4 rings (SSSR count). The molecule has 0 aliphatic carbocycles. The van der Waals surface area contributed by atoms with Crippen LogP contribution in [0.25, 0.3) is 16.3 Å². The van der Waals surface area contributed by atoms with Crippen molar-refractivity contribution in [3.05, 3.63) is 60.7 Å². The van der Waals surface area contributed by atoms with Gasteiger partial charge < -0.3 is 23.5 Å². The van der Waals surface area contributed by atoms with E-state index in [0.717, 1.165) is 34.5 Å². The van der Waals surface area contributed by atoms with Crippen molar-refractivity contribution in [2.75, 3.05) is 39.9 Å². The van der Waals surface area contributed by atoms with Crippen molar-refractivity contribution in [1.82, 2.24) is 14.5 Å². The molecule has 0 radical (unpaired) electrons. The van der Waals surface area contributed by atoms with Gasteiger partial charge in [0.1, 0.15) is 5.75 Å². The molecule has 0 unspecified atom stereocenters. The Labute approximate surface area is 225 Å². The van der Waals surface area contributed by atoms with Crippen molar-refractivity contribution in [3.63, 3.8) is 0 Å². The Morgan fingerprint density at radius 3 is 2.43 bits per heavy atom. The van der Waals surface area contributed by atoms with E-state index in [1.807, 2.05) is 29.0 Å². The summed E-state index contributed by atoms with van der Waals surface area (Å²) in [6, 6.07) is 9.27. The summed E-state index contributed by atoms with van der Waals surface area (Å²) in [6.07, 6.45) is 9.40. The minimum atomic E-state index is -0.180. The third-order valence-electron chi connectivity index (χ3n) is 5.54. The number of nitrogens with zero attached hydrogens (tertiary/aromatic N) is 4. The molecular formula is C26H29ClN4O5S. The maximum atomic E-state index is 13.4. The highest BCUT2D eigenvalue weighted by molar-refractivity contribution is 7.22. The van der Waals surface area contributed by atoms with Crippen molar-refractivity contribution < 1.29 is 23.7 Å². The number of carbonyl (C=O) groups excluding carboxylic acids is 1. The second kappa shape index (κ2) is 13.0. The van der Waals surface area contributed by atoms with E-state index in [1.165, 1.54) is 17.4 Å². The average molecular weight is 545 g/mol. The Morgan fingerprint density at radius 1 is 1.05 bits per heavy atom. The summed E-state index contributed by atoms with van der Waals surface area (Å²) in [5, 5.41) is 0.628. The van der Waals surface area contributed by atoms with Crippen LogP contribution in [-0.4, -0.2) is 55.4 Å². The summed E-state index contributed by atoms with van der Waals surface area (Å²) < 4.78 is 24.5. The number of fused-ring (bicyclic) bond motifs is 1. The number of halogens is 1. The van der Waals surface area contributed by atoms with Crippen molar-refractivity contribution in [1.29, 1.82) is 0 Å². The molecule has 0 spiro atoms. The highest BCUT2D eigenvalue weighted by Crippen LogP contribution is 2.38. The molecule has 1 amide bonds. The number of imidazole rings is 1. The molecule has 0 fully saturated rings. The van der Waals surface area contributed by atoms with Crippen molar-refractivity contribution in [2.45, 2.75) is 13.0 Å². The van der Waals surface area contributed by atoms with Crippen LogP contribution in [-0.2, 0) is 11.3 Å². The Hall–Kier alpha value is -3.76. The molecule has 0 saturated carbocycles. The van der Waals surface area contributed by atoms with E-state index >= 15 is 0 Å². The minimum Gasteiger partial charge on any atom is -0.497 e. The standard InChI is InChI=1S/C26H28N4O5S.ClH/c1-32-19-7-8-20-23(16-19)36-26(28-20)30(12-5-11-29-13-10-27-17-29)24(31)9-6-18-14-21(33-2)25(35-4)22(15-18)34-3;/h6-10,13-17H,5,11-12H2,1-4H3;1H/b9-6+;. The molecule has 0 aliphatic rings. The summed E-state index contributed by atoms with van der Waals surface area (Å²) in [5.74, 6) is 2.09. The second-order valence-electron chi connectivity index (χ2n) is 7.77. The van der Waals surface area contributed by atoms with Crippen molar-refractivity contribution in [2.24, 2.45) is 0 Å². The van der Waals surface area contributed by atoms with Crippen molar-refractivity contribution in [3.8, 4) is 23.0 Å². The smallest absolute Gasteiger partial charge is 0.252 e. The Bertz CT molecular complexity index is 1330. The van der Waals surface area contributed by atoms with Crippen molar-refractivity contribution >= 4 is 51.1 Å². The van der Waals surface area contributed by atoms with Gasteiger partial charge in [0, 0.05) is 31.6 Å². The first-order valence-corrected chi connectivity index (χ1v) is 12.1. The molecule has 0 N–H and O–H groups in total. The van der Waals surface area contributed by atoms with Crippen LogP contribution in [0, 0.1) is 0 Å². The predicted octanol–water partition coefficient (Wildman–Crippen LogP) is 5.09. The monoisotopic (exact) mass is 544 g/mol. The van der Waals surface area contributed by atoms with Crippen LogP contribution in [0.15, 0.2) is 55.1 Å². The molecule has 0 bridgehead atoms. The van der Waals surface area contributed by atoms with Gasteiger partial charge in [0.2, 0.25) is 5.75 Å². The molecule has 2 heterocycles. The van der Waals surface area contributed by atoms with Gasteiger partial charge in [0.15, 0.2) is 16.6 Å². The van der Waals surface area contributed by atoms with Crippen LogP contribution < -0.4 is 23.8 Å². The summed E-state index contributed by atoms with van der Waals surface area (Å²) in [7, 11) is 6.29. The number of aryl methyl sites for hydroxylation is 1. The van der Waals surface area contributed by atoms with E-state index < -0.39 is 0 Å². The van der Waals surface area contributed by atoms with Gasteiger partial charge in [-0.1, -0.05) is 11.3 Å². The number of anilines is 1. The molecule has 2 aromatic heterocycles. The zero-order valence-electron chi connectivity index (χ0n) is 21.0. The lowest BCUT2D eigenvalue weighted by atomic mass is 10.1. The number of amides is 1. The summed E-state index contributed by atoms with van der Waals surface area (Å²) in [6.45, 7) is 1.23. The summed E-state index contributed by atoms with van der Waals surface area (Å²) in [5.41, 5.74) is 1.56. The van der Waals surface area contributed by atoms with Gasteiger partial charge in [-0.3, -0.25) is 9.69 Å². The normalized spacial score (nSPS) is 10.8. The number of hydrogen-bond acceptors (Lipinski definition) is 8. The maximum absolute atomic E-state index is 13.4. The van der Waals surface area contributed by atoms with Crippen LogP contribution in [0.5, 0.6) is 23.0 Å². The third kappa shape index (κ3) is 6.52. The lowest BCUT2D eigenvalue weighted by Crippen LogP contribution is -2.30. The first-order valence-electron chi connectivity index (χ1n) is 11.3.